The first-order chi connectivity index (χ1) is 7.58. The quantitative estimate of drug-likeness (QED) is 0.577. The number of fused-ring (bicyclic) bond motifs is 1. The highest BCUT2D eigenvalue weighted by atomic mass is 16.6. The molecule has 0 aromatic rings. The molecule has 0 aromatic heterocycles. The van der Waals surface area contributed by atoms with Crippen molar-refractivity contribution in [2.75, 3.05) is 14.2 Å². The standard InChI is InChI=1S/C8H14O.C2H6O.2C2H6/c1-7-5-3-4-6-8(7,2)9-7;1-3-2;2*1-2/h3-6H2,1-2H3;1-2H3;2*1-2H3. The van der Waals surface area contributed by atoms with E-state index in [0.29, 0.717) is 0 Å². The minimum absolute atomic E-state index is 0.283. The molecular weight excluding hydrogens is 200 g/mol. The summed E-state index contributed by atoms with van der Waals surface area (Å²) in [6, 6.07) is 0. The molecule has 1 aliphatic heterocycles. The average Bonchev–Trinajstić information content (AvgIpc) is 2.88. The lowest BCUT2D eigenvalue weighted by Crippen LogP contribution is -2.23. The fraction of sp³-hybridized carbons (Fsp3) is 1.00. The van der Waals surface area contributed by atoms with Crippen LogP contribution in [0, 0.1) is 0 Å². The van der Waals surface area contributed by atoms with Crippen LogP contribution in [0.5, 0.6) is 0 Å². The van der Waals surface area contributed by atoms with Gasteiger partial charge in [0.1, 0.15) is 0 Å². The first-order valence-electron chi connectivity index (χ1n) is 6.68. The largest absolute Gasteiger partial charge is 0.388 e. The highest BCUT2D eigenvalue weighted by Crippen LogP contribution is 2.56. The zero-order valence-corrected chi connectivity index (χ0v) is 12.6. The molecule has 16 heavy (non-hydrogen) atoms. The molecule has 0 aromatic carbocycles. The predicted octanol–water partition coefficient (Wildman–Crippen LogP) is 4.42. The van der Waals surface area contributed by atoms with E-state index in [1.807, 2.05) is 27.7 Å². The summed E-state index contributed by atoms with van der Waals surface area (Å²) in [5.41, 5.74) is 0.566. The second-order valence-electron chi connectivity index (χ2n) is 4.18. The van der Waals surface area contributed by atoms with Gasteiger partial charge in [-0.3, -0.25) is 0 Å². The zero-order chi connectivity index (χ0) is 13.2. The second-order valence-corrected chi connectivity index (χ2v) is 4.18. The van der Waals surface area contributed by atoms with Crippen molar-refractivity contribution in [3.05, 3.63) is 0 Å². The van der Waals surface area contributed by atoms with Crippen LogP contribution in [0.25, 0.3) is 0 Å². The first kappa shape index (κ1) is 18.3. The van der Waals surface area contributed by atoms with Gasteiger partial charge in [-0.05, 0) is 26.7 Å². The van der Waals surface area contributed by atoms with Crippen LogP contribution in [0.3, 0.4) is 0 Å². The maximum Gasteiger partial charge on any atom is 0.0949 e. The van der Waals surface area contributed by atoms with Gasteiger partial charge in [-0.1, -0.05) is 40.5 Å². The lowest BCUT2D eigenvalue weighted by molar-refractivity contribution is 0.277. The molecule has 2 rings (SSSR count). The van der Waals surface area contributed by atoms with E-state index in [1.54, 1.807) is 14.2 Å². The summed E-state index contributed by atoms with van der Waals surface area (Å²) in [4.78, 5) is 0. The molecule has 2 fully saturated rings. The summed E-state index contributed by atoms with van der Waals surface area (Å²) >= 11 is 0. The Labute approximate surface area is 103 Å². The Morgan fingerprint density at radius 2 is 1.06 bits per heavy atom. The summed E-state index contributed by atoms with van der Waals surface area (Å²) in [5, 5.41) is 0. The van der Waals surface area contributed by atoms with Gasteiger partial charge in [0.25, 0.3) is 0 Å². The monoisotopic (exact) mass is 232 g/mol. The highest BCUT2D eigenvalue weighted by molar-refractivity contribution is 5.12. The highest BCUT2D eigenvalue weighted by Gasteiger charge is 2.63. The Kier molecular flexibility index (Phi) is 10.3. The van der Waals surface area contributed by atoms with Crippen molar-refractivity contribution < 1.29 is 9.47 Å². The van der Waals surface area contributed by atoms with E-state index < -0.39 is 0 Å². The van der Waals surface area contributed by atoms with Crippen LogP contribution in [-0.2, 0) is 9.47 Å². The molecule has 100 valence electrons. The van der Waals surface area contributed by atoms with Gasteiger partial charge in [-0.2, -0.15) is 0 Å². The van der Waals surface area contributed by atoms with Crippen LogP contribution in [0.15, 0.2) is 0 Å². The minimum atomic E-state index is 0.283. The lowest BCUT2D eigenvalue weighted by Gasteiger charge is -2.17. The van der Waals surface area contributed by atoms with Crippen molar-refractivity contribution in [1.82, 2.24) is 0 Å². The number of ether oxygens (including phenoxy) is 2. The number of hydrogen-bond acceptors (Lipinski definition) is 2. The van der Waals surface area contributed by atoms with E-state index >= 15 is 0 Å². The van der Waals surface area contributed by atoms with E-state index in [2.05, 4.69) is 18.6 Å². The maximum absolute atomic E-state index is 5.65. The molecule has 0 bridgehead atoms. The third kappa shape index (κ3) is 4.84. The van der Waals surface area contributed by atoms with E-state index in [1.165, 1.54) is 25.7 Å². The Morgan fingerprint density at radius 1 is 0.812 bits per heavy atom. The molecule has 2 unspecified atom stereocenters. The Morgan fingerprint density at radius 3 is 1.25 bits per heavy atom. The Balaban J connectivity index is 0. The number of rotatable bonds is 0. The van der Waals surface area contributed by atoms with E-state index in [0.717, 1.165) is 0 Å². The smallest absolute Gasteiger partial charge is 0.0949 e. The number of methoxy groups -OCH3 is 1. The molecule has 0 amide bonds. The average molecular weight is 232 g/mol. The molecule has 1 saturated heterocycles. The van der Waals surface area contributed by atoms with Crippen LogP contribution in [-0.4, -0.2) is 25.4 Å². The van der Waals surface area contributed by atoms with Crippen molar-refractivity contribution in [3.63, 3.8) is 0 Å². The third-order valence-electron chi connectivity index (χ3n) is 3.09. The fourth-order valence-electron chi connectivity index (χ4n) is 2.03. The van der Waals surface area contributed by atoms with Gasteiger partial charge in [0.2, 0.25) is 0 Å². The Bertz CT molecular complexity index is 135. The van der Waals surface area contributed by atoms with E-state index in [9.17, 15) is 0 Å². The van der Waals surface area contributed by atoms with Crippen LogP contribution < -0.4 is 0 Å². The van der Waals surface area contributed by atoms with Gasteiger partial charge in [0, 0.05) is 14.2 Å². The summed E-state index contributed by atoms with van der Waals surface area (Å²) in [6.45, 7) is 12.5. The number of hydrogen-bond donors (Lipinski definition) is 0. The molecule has 1 aliphatic carbocycles. The molecule has 0 radical (unpaired) electrons. The van der Waals surface area contributed by atoms with Gasteiger partial charge in [0.15, 0.2) is 0 Å². The summed E-state index contributed by atoms with van der Waals surface area (Å²) in [6.07, 6.45) is 5.30. The van der Waals surface area contributed by atoms with Crippen LogP contribution in [0.4, 0.5) is 0 Å². The Hall–Kier alpha value is -0.0800. The SMILES string of the molecule is CC.CC.CC12CCCCC1(C)O2.COC. The zero-order valence-electron chi connectivity index (χ0n) is 12.6. The van der Waals surface area contributed by atoms with E-state index in [-0.39, 0.29) is 11.2 Å². The molecule has 2 nitrogen and oxygen atoms in total. The fourth-order valence-corrected chi connectivity index (χ4v) is 2.03. The lowest BCUT2D eigenvalue weighted by atomic mass is 9.82. The molecule has 2 aliphatic rings. The normalized spacial score (nSPS) is 33.8. The van der Waals surface area contributed by atoms with Gasteiger partial charge < -0.3 is 9.47 Å². The van der Waals surface area contributed by atoms with E-state index in [4.69, 9.17) is 4.74 Å². The second kappa shape index (κ2) is 9.00. The van der Waals surface area contributed by atoms with Crippen LogP contribution >= 0.6 is 0 Å². The molecule has 0 N–H and O–H groups in total. The minimum Gasteiger partial charge on any atom is -0.388 e. The molecule has 1 heterocycles. The molecule has 2 atom stereocenters. The topological polar surface area (TPSA) is 21.8 Å². The van der Waals surface area contributed by atoms with Crippen molar-refractivity contribution in [2.24, 2.45) is 0 Å². The molecule has 0 spiro atoms. The van der Waals surface area contributed by atoms with Crippen molar-refractivity contribution in [1.29, 1.82) is 0 Å². The van der Waals surface area contributed by atoms with Crippen molar-refractivity contribution in [3.8, 4) is 0 Å². The van der Waals surface area contributed by atoms with Gasteiger partial charge >= 0.3 is 0 Å². The van der Waals surface area contributed by atoms with Crippen molar-refractivity contribution in [2.45, 2.75) is 78.4 Å². The maximum atomic E-state index is 5.65. The van der Waals surface area contributed by atoms with Gasteiger partial charge in [-0.15, -0.1) is 0 Å². The third-order valence-corrected chi connectivity index (χ3v) is 3.09. The summed E-state index contributed by atoms with van der Waals surface area (Å²) in [5.74, 6) is 0. The number of epoxide rings is 1. The molecular formula is C14H32O2. The van der Waals surface area contributed by atoms with Gasteiger partial charge in [-0.25, -0.2) is 0 Å². The van der Waals surface area contributed by atoms with Gasteiger partial charge in [0.05, 0.1) is 11.2 Å². The predicted molar refractivity (Wildman–Crippen MR) is 72.0 cm³/mol. The van der Waals surface area contributed by atoms with Crippen LogP contribution in [0.2, 0.25) is 0 Å². The van der Waals surface area contributed by atoms with Crippen LogP contribution in [0.1, 0.15) is 67.2 Å². The summed E-state index contributed by atoms with van der Waals surface area (Å²) in [7, 11) is 3.25. The first-order valence-corrected chi connectivity index (χ1v) is 6.68. The molecule has 2 heteroatoms. The van der Waals surface area contributed by atoms with Crippen molar-refractivity contribution >= 4 is 0 Å². The summed E-state index contributed by atoms with van der Waals surface area (Å²) < 4.78 is 9.90. The molecule has 1 saturated carbocycles.